The Morgan fingerprint density at radius 3 is 2.67 bits per heavy atom. The number of nitrogens with zero attached hydrogens (tertiary/aromatic N) is 2. The van der Waals surface area contributed by atoms with Crippen LogP contribution in [0.2, 0.25) is 0 Å². The highest BCUT2D eigenvalue weighted by Crippen LogP contribution is 2.35. The minimum Gasteiger partial charge on any atom is -0.354 e. The zero-order valence-corrected chi connectivity index (χ0v) is 15.7. The van der Waals surface area contributed by atoms with E-state index in [2.05, 4.69) is 10.4 Å². The number of aromatic nitrogens is 2. The lowest BCUT2D eigenvalue weighted by Crippen LogP contribution is -2.29. The van der Waals surface area contributed by atoms with E-state index in [1.165, 1.54) is 16.4 Å². The number of hydrogen-bond acceptors (Lipinski definition) is 3. The fraction of sp³-hybridized carbons (Fsp3) is 0.474. The van der Waals surface area contributed by atoms with Crippen molar-refractivity contribution in [3.05, 3.63) is 52.8 Å². The second-order valence-electron chi connectivity index (χ2n) is 6.53. The van der Waals surface area contributed by atoms with Crippen molar-refractivity contribution < 1.29 is 18.0 Å². The van der Waals surface area contributed by atoms with E-state index in [0.717, 1.165) is 24.2 Å². The Morgan fingerprint density at radius 1 is 1.19 bits per heavy atom. The Bertz CT molecular complexity index is 774. The number of amides is 1. The van der Waals surface area contributed by atoms with Crippen LogP contribution in [-0.4, -0.2) is 28.0 Å². The van der Waals surface area contributed by atoms with Crippen molar-refractivity contribution in [1.82, 2.24) is 15.1 Å². The number of halogens is 3. The van der Waals surface area contributed by atoms with Crippen LogP contribution in [0.25, 0.3) is 0 Å². The van der Waals surface area contributed by atoms with Gasteiger partial charge in [0.2, 0.25) is 5.91 Å². The lowest BCUT2D eigenvalue weighted by atomic mass is 9.95. The molecule has 1 amide bonds. The van der Waals surface area contributed by atoms with Gasteiger partial charge < -0.3 is 5.32 Å². The van der Waals surface area contributed by atoms with Gasteiger partial charge in [0.25, 0.3) is 0 Å². The van der Waals surface area contributed by atoms with E-state index < -0.39 is 11.9 Å². The lowest BCUT2D eigenvalue weighted by molar-refractivity contribution is -0.142. The van der Waals surface area contributed by atoms with Gasteiger partial charge in [-0.3, -0.25) is 9.48 Å². The maximum atomic E-state index is 13.2. The third kappa shape index (κ3) is 5.28. The molecule has 146 valence electrons. The van der Waals surface area contributed by atoms with Gasteiger partial charge in [0.1, 0.15) is 0 Å². The van der Waals surface area contributed by atoms with Gasteiger partial charge in [0.15, 0.2) is 5.69 Å². The smallest absolute Gasteiger partial charge is 0.354 e. The first-order chi connectivity index (χ1) is 12.9. The van der Waals surface area contributed by atoms with Gasteiger partial charge >= 0.3 is 6.18 Å². The van der Waals surface area contributed by atoms with Crippen LogP contribution in [0, 0.1) is 0 Å². The summed E-state index contributed by atoms with van der Waals surface area (Å²) in [5.41, 5.74) is 1.39. The maximum Gasteiger partial charge on any atom is 0.435 e. The number of fused-ring (bicyclic) bond motifs is 1. The van der Waals surface area contributed by atoms with Crippen molar-refractivity contribution in [1.29, 1.82) is 0 Å². The molecule has 0 saturated carbocycles. The van der Waals surface area contributed by atoms with Crippen LogP contribution in [0.4, 0.5) is 13.2 Å². The summed E-state index contributed by atoms with van der Waals surface area (Å²) in [6, 6.07) is 9.86. The molecule has 0 fully saturated rings. The molecule has 0 unspecified atom stereocenters. The topological polar surface area (TPSA) is 46.9 Å². The van der Waals surface area contributed by atoms with E-state index in [-0.39, 0.29) is 19.0 Å². The zero-order valence-electron chi connectivity index (χ0n) is 14.9. The SMILES string of the molecule is O=C(CSCc1ccccc1)NCCn1nc(C(F)(F)F)c2c1CCCC2. The van der Waals surface area contributed by atoms with Gasteiger partial charge in [-0.25, -0.2) is 0 Å². The summed E-state index contributed by atoms with van der Waals surface area (Å²) in [6.07, 6.45) is -1.76. The average Bonchev–Trinajstić information content (AvgIpc) is 3.02. The predicted octanol–water partition coefficient (Wildman–Crippen LogP) is 3.83. The predicted molar refractivity (Wildman–Crippen MR) is 99.5 cm³/mol. The first kappa shape index (κ1) is 19.8. The van der Waals surface area contributed by atoms with E-state index in [4.69, 9.17) is 0 Å². The molecule has 1 N–H and O–H groups in total. The Labute approximate surface area is 160 Å². The maximum absolute atomic E-state index is 13.2. The van der Waals surface area contributed by atoms with Crippen molar-refractivity contribution in [3.8, 4) is 0 Å². The second kappa shape index (κ2) is 8.82. The molecule has 1 aromatic heterocycles. The molecule has 8 heteroatoms. The highest BCUT2D eigenvalue weighted by molar-refractivity contribution is 7.99. The summed E-state index contributed by atoms with van der Waals surface area (Å²) >= 11 is 1.51. The Morgan fingerprint density at radius 2 is 1.93 bits per heavy atom. The number of rotatable bonds is 7. The number of alkyl halides is 3. The summed E-state index contributed by atoms with van der Waals surface area (Å²) in [6.45, 7) is 0.531. The van der Waals surface area contributed by atoms with Crippen LogP contribution >= 0.6 is 11.8 Å². The van der Waals surface area contributed by atoms with Crippen LogP contribution in [0.5, 0.6) is 0 Å². The second-order valence-corrected chi connectivity index (χ2v) is 7.52. The molecular formula is C19H22F3N3OS. The molecule has 3 rings (SSSR count). The zero-order chi connectivity index (χ0) is 19.3. The summed E-state index contributed by atoms with van der Waals surface area (Å²) in [5.74, 6) is 0.948. The molecule has 27 heavy (non-hydrogen) atoms. The van der Waals surface area contributed by atoms with Crippen molar-refractivity contribution in [2.45, 2.75) is 44.2 Å². The molecule has 0 saturated heterocycles. The molecule has 1 aliphatic carbocycles. The van der Waals surface area contributed by atoms with Gasteiger partial charge in [-0.1, -0.05) is 30.3 Å². The molecule has 0 aliphatic heterocycles. The third-order valence-electron chi connectivity index (χ3n) is 4.52. The van der Waals surface area contributed by atoms with Crippen molar-refractivity contribution in [2.75, 3.05) is 12.3 Å². The van der Waals surface area contributed by atoms with Crippen LogP contribution < -0.4 is 5.32 Å². The highest BCUT2D eigenvalue weighted by Gasteiger charge is 2.39. The number of benzene rings is 1. The molecule has 2 aromatic rings. The van der Waals surface area contributed by atoms with E-state index in [1.54, 1.807) is 0 Å². The van der Waals surface area contributed by atoms with E-state index in [1.807, 2.05) is 30.3 Å². The highest BCUT2D eigenvalue weighted by atomic mass is 32.2. The van der Waals surface area contributed by atoms with Crippen LogP contribution in [-0.2, 0) is 36.1 Å². The minimum absolute atomic E-state index is 0.118. The fourth-order valence-electron chi connectivity index (χ4n) is 3.27. The normalized spacial score (nSPS) is 14.0. The number of hydrogen-bond donors (Lipinski definition) is 1. The van der Waals surface area contributed by atoms with E-state index >= 15 is 0 Å². The summed E-state index contributed by atoms with van der Waals surface area (Å²) in [5, 5.41) is 6.57. The van der Waals surface area contributed by atoms with Crippen LogP contribution in [0.15, 0.2) is 30.3 Å². The number of nitrogens with one attached hydrogen (secondary N) is 1. The van der Waals surface area contributed by atoms with Crippen molar-refractivity contribution in [2.24, 2.45) is 0 Å². The van der Waals surface area contributed by atoms with E-state index in [0.29, 0.717) is 29.9 Å². The Hall–Kier alpha value is -1.96. The minimum atomic E-state index is -4.43. The molecule has 4 nitrogen and oxygen atoms in total. The van der Waals surface area contributed by atoms with Gasteiger partial charge in [-0.2, -0.15) is 18.3 Å². The first-order valence-corrected chi connectivity index (χ1v) is 10.1. The third-order valence-corrected chi connectivity index (χ3v) is 5.52. The van der Waals surface area contributed by atoms with E-state index in [9.17, 15) is 18.0 Å². The molecule has 0 bridgehead atoms. The molecule has 0 radical (unpaired) electrons. The molecule has 1 aliphatic rings. The molecule has 0 spiro atoms. The summed E-state index contributed by atoms with van der Waals surface area (Å²) < 4.78 is 40.9. The quantitative estimate of drug-likeness (QED) is 0.772. The fourth-order valence-corrected chi connectivity index (χ4v) is 4.09. The molecule has 1 aromatic carbocycles. The molecule has 0 atom stereocenters. The molecular weight excluding hydrogens is 375 g/mol. The van der Waals surface area contributed by atoms with Crippen molar-refractivity contribution >= 4 is 17.7 Å². The van der Waals surface area contributed by atoms with Crippen LogP contribution in [0.1, 0.15) is 35.4 Å². The monoisotopic (exact) mass is 397 g/mol. The van der Waals surface area contributed by atoms with Gasteiger partial charge in [0, 0.05) is 23.6 Å². The largest absolute Gasteiger partial charge is 0.435 e. The number of carbonyl (C=O) groups is 1. The van der Waals surface area contributed by atoms with Gasteiger partial charge in [-0.15, -0.1) is 11.8 Å². The summed E-state index contributed by atoms with van der Waals surface area (Å²) in [4.78, 5) is 11.9. The van der Waals surface area contributed by atoms with Crippen LogP contribution in [0.3, 0.4) is 0 Å². The Balaban J connectivity index is 1.49. The van der Waals surface area contributed by atoms with Gasteiger partial charge in [0.05, 0.1) is 12.3 Å². The number of carbonyl (C=O) groups excluding carboxylic acids is 1. The Kier molecular flexibility index (Phi) is 6.46. The average molecular weight is 397 g/mol. The number of thioether (sulfide) groups is 1. The molecule has 1 heterocycles. The lowest BCUT2D eigenvalue weighted by Gasteiger charge is -2.15. The van der Waals surface area contributed by atoms with Crippen molar-refractivity contribution in [3.63, 3.8) is 0 Å². The first-order valence-electron chi connectivity index (χ1n) is 8.99. The van der Waals surface area contributed by atoms with Gasteiger partial charge in [-0.05, 0) is 31.2 Å². The standard InChI is InChI=1S/C19H22F3N3OS/c20-19(21,22)18-15-8-4-5-9-16(15)25(24-18)11-10-23-17(26)13-27-12-14-6-2-1-3-7-14/h1-3,6-7H,4-5,8-13H2,(H,23,26). The summed E-state index contributed by atoms with van der Waals surface area (Å²) in [7, 11) is 0.